The second-order valence-corrected chi connectivity index (χ2v) is 8.13. The molecule has 194 valence electrons. The number of hydrogen-bond acceptors (Lipinski definition) is 7. The summed E-state index contributed by atoms with van der Waals surface area (Å²) in [5.74, 6) is -2.22. The van der Waals surface area contributed by atoms with E-state index in [9.17, 15) is 27.2 Å². The maximum atomic E-state index is 14.2. The molecule has 0 aliphatic rings. The van der Waals surface area contributed by atoms with Gasteiger partial charge in [-0.3, -0.25) is 14.2 Å². The van der Waals surface area contributed by atoms with E-state index in [-0.39, 0.29) is 38.9 Å². The van der Waals surface area contributed by atoms with Gasteiger partial charge in [0.05, 0.1) is 42.9 Å². The second kappa shape index (κ2) is 10.3. The fourth-order valence-electron chi connectivity index (χ4n) is 3.43. The number of nitrogens with one attached hydrogen (secondary N) is 1. The van der Waals surface area contributed by atoms with E-state index in [0.717, 1.165) is 22.8 Å². The minimum Gasteiger partial charge on any atom is -0.494 e. The van der Waals surface area contributed by atoms with Crippen LogP contribution >= 0.6 is 11.6 Å². The van der Waals surface area contributed by atoms with Gasteiger partial charge in [-0.15, -0.1) is 0 Å². The number of nitriles is 1. The van der Waals surface area contributed by atoms with Crippen LogP contribution in [0.15, 0.2) is 58.4 Å². The molecule has 38 heavy (non-hydrogen) atoms. The lowest BCUT2D eigenvalue weighted by Crippen LogP contribution is -2.27. The van der Waals surface area contributed by atoms with Gasteiger partial charge in [-0.1, -0.05) is 17.7 Å². The van der Waals surface area contributed by atoms with E-state index in [4.69, 9.17) is 26.3 Å². The molecule has 14 heteroatoms. The lowest BCUT2D eigenvalue weighted by Gasteiger charge is -2.15. The van der Waals surface area contributed by atoms with Crippen molar-refractivity contribution in [3.8, 4) is 34.4 Å². The number of aromatic amines is 1. The summed E-state index contributed by atoms with van der Waals surface area (Å²) in [4.78, 5) is 28.7. The third kappa shape index (κ3) is 5.50. The molecule has 0 amide bonds. The Morgan fingerprint density at radius 1 is 1.16 bits per heavy atom. The Morgan fingerprint density at radius 3 is 2.58 bits per heavy atom. The lowest BCUT2D eigenvalue weighted by atomic mass is 10.1. The molecule has 2 aromatic carbocycles. The van der Waals surface area contributed by atoms with Gasteiger partial charge < -0.3 is 9.47 Å². The van der Waals surface area contributed by atoms with Crippen LogP contribution in [0.4, 0.5) is 17.6 Å². The number of ether oxygens (including phenoxy) is 2. The zero-order valence-electron chi connectivity index (χ0n) is 19.1. The van der Waals surface area contributed by atoms with Gasteiger partial charge in [0.25, 0.3) is 11.1 Å². The van der Waals surface area contributed by atoms with Crippen LogP contribution in [0.5, 0.6) is 17.2 Å². The summed E-state index contributed by atoms with van der Waals surface area (Å²) in [7, 11) is 1.28. The summed E-state index contributed by atoms with van der Waals surface area (Å²) >= 11 is 5.89. The number of H-pyrrole nitrogens is 1. The molecule has 0 aliphatic heterocycles. The Bertz CT molecular complexity index is 1700. The highest BCUT2D eigenvalue weighted by atomic mass is 35.5. The number of nitrogens with zero attached hydrogens (tertiary/aromatic N) is 4. The highest BCUT2D eigenvalue weighted by Crippen LogP contribution is 2.35. The maximum absolute atomic E-state index is 14.2. The highest BCUT2D eigenvalue weighted by Gasteiger charge is 2.38. The van der Waals surface area contributed by atoms with Gasteiger partial charge in [-0.25, -0.2) is 14.5 Å². The number of benzene rings is 2. The number of hydrogen-bond donors (Lipinski definition) is 1. The largest absolute Gasteiger partial charge is 0.494 e. The lowest BCUT2D eigenvalue weighted by molar-refractivity contribution is -0.142. The summed E-state index contributed by atoms with van der Waals surface area (Å²) in [6.45, 7) is -0.429. The first kappa shape index (κ1) is 26.4. The smallest absolute Gasteiger partial charge is 0.437 e. The van der Waals surface area contributed by atoms with Crippen LogP contribution in [0.2, 0.25) is 5.02 Å². The molecule has 0 saturated heterocycles. The Kier molecular flexibility index (Phi) is 7.18. The number of aromatic nitrogens is 4. The molecule has 9 nitrogen and oxygen atoms in total. The van der Waals surface area contributed by atoms with Gasteiger partial charge in [-0.2, -0.15) is 23.5 Å². The first-order chi connectivity index (χ1) is 18.0. The Labute approximate surface area is 215 Å². The third-order valence-corrected chi connectivity index (χ3v) is 5.36. The molecule has 0 unspecified atom stereocenters. The summed E-state index contributed by atoms with van der Waals surface area (Å²) in [5, 5.41) is 15.1. The molecule has 4 rings (SSSR count). The van der Waals surface area contributed by atoms with Crippen LogP contribution in [-0.4, -0.2) is 26.9 Å². The van der Waals surface area contributed by atoms with Crippen molar-refractivity contribution in [3.63, 3.8) is 0 Å². The molecule has 0 spiro atoms. The highest BCUT2D eigenvalue weighted by molar-refractivity contribution is 6.30. The van der Waals surface area contributed by atoms with E-state index in [1.54, 1.807) is 6.07 Å². The van der Waals surface area contributed by atoms with Gasteiger partial charge >= 0.3 is 6.18 Å². The minimum absolute atomic E-state index is 0.00300. The average molecular weight is 548 g/mol. The predicted molar refractivity (Wildman–Crippen MR) is 126 cm³/mol. The van der Waals surface area contributed by atoms with Crippen molar-refractivity contribution in [2.45, 2.75) is 12.7 Å². The molecule has 0 atom stereocenters. The fourth-order valence-corrected chi connectivity index (χ4v) is 3.66. The number of halogens is 5. The Morgan fingerprint density at radius 2 is 1.92 bits per heavy atom. The quantitative estimate of drug-likeness (QED) is 0.352. The van der Waals surface area contributed by atoms with E-state index < -0.39 is 41.1 Å². The van der Waals surface area contributed by atoms with Crippen LogP contribution in [0.25, 0.3) is 11.1 Å². The molecule has 0 saturated carbocycles. The van der Waals surface area contributed by atoms with Crippen molar-refractivity contribution in [1.82, 2.24) is 19.7 Å². The first-order valence-corrected chi connectivity index (χ1v) is 10.9. The van der Waals surface area contributed by atoms with E-state index in [1.165, 1.54) is 31.4 Å². The van der Waals surface area contributed by atoms with Crippen LogP contribution in [0.1, 0.15) is 17.0 Å². The number of alkyl halides is 3. The molecule has 0 aliphatic carbocycles. The SMILES string of the molecule is COc1ccc(-c2cc(Cn3cnc(C(F)(F)F)c(Oc4cc(Cl)cc(C#N)c4)c3=O)n[nH]c2=O)cc1F. The third-order valence-electron chi connectivity index (χ3n) is 5.14. The van der Waals surface area contributed by atoms with Gasteiger partial charge in [-0.05, 0) is 42.0 Å². The van der Waals surface area contributed by atoms with E-state index in [1.807, 2.05) is 0 Å². The van der Waals surface area contributed by atoms with Crippen LogP contribution in [-0.2, 0) is 12.7 Å². The van der Waals surface area contributed by atoms with Crippen molar-refractivity contribution in [1.29, 1.82) is 5.26 Å². The van der Waals surface area contributed by atoms with Crippen molar-refractivity contribution in [2.24, 2.45) is 0 Å². The van der Waals surface area contributed by atoms with Gasteiger partial charge in [0, 0.05) is 5.02 Å². The van der Waals surface area contributed by atoms with Crippen molar-refractivity contribution >= 4 is 11.6 Å². The van der Waals surface area contributed by atoms with Gasteiger partial charge in [0.2, 0.25) is 5.75 Å². The summed E-state index contributed by atoms with van der Waals surface area (Å²) in [6.07, 6.45) is -4.40. The molecular weight excluding hydrogens is 534 g/mol. The van der Waals surface area contributed by atoms with Crippen molar-refractivity contribution in [3.05, 3.63) is 97.3 Å². The van der Waals surface area contributed by atoms with Gasteiger partial charge in [0.15, 0.2) is 17.3 Å². The molecule has 4 aromatic rings. The van der Waals surface area contributed by atoms with E-state index >= 15 is 0 Å². The standard InChI is InChI=1S/C24H14ClF4N5O4/c1-37-19-3-2-13(6-18(19)26)17-8-15(32-33-22(17)35)10-34-11-31-21(24(27,28)29)20(23(34)36)38-16-5-12(9-30)4-14(25)7-16/h2-8,11H,10H2,1H3,(H,33,35). The monoisotopic (exact) mass is 547 g/mol. The van der Waals surface area contributed by atoms with Gasteiger partial charge in [0.1, 0.15) is 5.75 Å². The Hall–Kier alpha value is -4.70. The summed E-state index contributed by atoms with van der Waals surface area (Å²) < 4.78 is 65.9. The maximum Gasteiger partial charge on any atom is 0.437 e. The second-order valence-electron chi connectivity index (χ2n) is 7.69. The molecule has 0 bridgehead atoms. The fraction of sp³-hybridized carbons (Fsp3) is 0.125. The van der Waals surface area contributed by atoms with E-state index in [0.29, 0.717) is 6.33 Å². The molecule has 2 heterocycles. The zero-order chi connectivity index (χ0) is 27.6. The number of rotatable bonds is 6. The summed E-state index contributed by atoms with van der Waals surface area (Å²) in [6, 6.07) is 10.3. The molecule has 2 aromatic heterocycles. The average Bonchev–Trinajstić information content (AvgIpc) is 2.86. The van der Waals surface area contributed by atoms with E-state index in [2.05, 4.69) is 15.2 Å². The number of methoxy groups -OCH3 is 1. The molecule has 0 fully saturated rings. The topological polar surface area (TPSA) is 123 Å². The minimum atomic E-state index is -5.05. The zero-order valence-corrected chi connectivity index (χ0v) is 19.9. The van der Waals surface area contributed by atoms with Crippen molar-refractivity contribution < 1.29 is 27.0 Å². The molecule has 0 radical (unpaired) electrons. The predicted octanol–water partition coefficient (Wildman–Crippen LogP) is 4.53. The van der Waals surface area contributed by atoms with Crippen LogP contribution < -0.4 is 20.6 Å². The normalized spacial score (nSPS) is 11.2. The van der Waals surface area contributed by atoms with Crippen LogP contribution in [0, 0.1) is 17.1 Å². The first-order valence-electron chi connectivity index (χ1n) is 10.5. The molecular formula is C24H14ClF4N5O4. The van der Waals surface area contributed by atoms with Crippen molar-refractivity contribution in [2.75, 3.05) is 7.11 Å². The summed E-state index contributed by atoms with van der Waals surface area (Å²) in [5.41, 5.74) is -3.30. The molecule has 1 N–H and O–H groups in total. The Balaban J connectivity index is 1.76. The van der Waals surface area contributed by atoms with Crippen LogP contribution in [0.3, 0.4) is 0 Å².